The van der Waals surface area contributed by atoms with E-state index >= 15 is 0 Å². The normalized spacial score (nSPS) is 11.2. The summed E-state index contributed by atoms with van der Waals surface area (Å²) in [6.07, 6.45) is 0. The van der Waals surface area contributed by atoms with Gasteiger partial charge in [0.15, 0.2) is 0 Å². The summed E-state index contributed by atoms with van der Waals surface area (Å²) in [7, 11) is -4.07. The van der Waals surface area contributed by atoms with E-state index in [9.17, 15) is 13.2 Å². The largest absolute Gasteiger partial charge is 0.465 e. The molecule has 2 rings (SSSR count). The molecule has 0 aliphatic heterocycles. The molecule has 0 amide bonds. The van der Waals surface area contributed by atoms with E-state index in [4.69, 9.17) is 39.5 Å². The lowest BCUT2D eigenvalue weighted by atomic mass is 10.3. The molecule has 0 N–H and O–H groups in total. The number of anilines is 1. The smallest absolute Gasteiger partial charge is 0.326 e. The zero-order valence-electron chi connectivity index (χ0n) is 13.1. The third-order valence-corrected chi connectivity index (χ3v) is 5.97. The van der Waals surface area contributed by atoms with Gasteiger partial charge in [0.25, 0.3) is 10.0 Å². The number of esters is 1. The number of carbonyl (C=O) groups excluding carboxylic acids is 1. The molecule has 0 unspecified atom stereocenters. The van der Waals surface area contributed by atoms with E-state index in [0.29, 0.717) is 0 Å². The monoisotopic (exact) mass is 421 g/mol. The van der Waals surface area contributed by atoms with Crippen molar-refractivity contribution in [2.45, 2.75) is 11.8 Å². The second-order valence-electron chi connectivity index (χ2n) is 4.85. The Bertz CT molecular complexity index is 872. The summed E-state index contributed by atoms with van der Waals surface area (Å²) in [5, 5.41) is 0.319. The van der Waals surface area contributed by atoms with Gasteiger partial charge in [-0.25, -0.2) is 8.42 Å². The first-order valence-corrected chi connectivity index (χ1v) is 9.72. The fourth-order valence-electron chi connectivity index (χ4n) is 2.05. The van der Waals surface area contributed by atoms with E-state index in [-0.39, 0.29) is 32.3 Å². The van der Waals surface area contributed by atoms with Crippen molar-refractivity contribution in [1.82, 2.24) is 0 Å². The predicted molar refractivity (Wildman–Crippen MR) is 99.1 cm³/mol. The van der Waals surface area contributed by atoms with Crippen molar-refractivity contribution in [3.8, 4) is 0 Å². The van der Waals surface area contributed by atoms with Crippen LogP contribution in [0.5, 0.6) is 0 Å². The van der Waals surface area contributed by atoms with Crippen molar-refractivity contribution in [3.05, 3.63) is 57.5 Å². The minimum Gasteiger partial charge on any atom is -0.465 e. The number of halogens is 3. The highest BCUT2D eigenvalue weighted by Gasteiger charge is 2.29. The van der Waals surface area contributed by atoms with Crippen molar-refractivity contribution >= 4 is 56.5 Å². The molecule has 0 aliphatic rings. The Balaban J connectivity index is 2.58. The predicted octanol–water partition coefficient (Wildman–Crippen LogP) is 4.41. The Morgan fingerprint density at radius 3 is 2.24 bits per heavy atom. The number of hydrogen-bond donors (Lipinski definition) is 0. The van der Waals surface area contributed by atoms with Crippen LogP contribution in [-0.2, 0) is 19.6 Å². The van der Waals surface area contributed by atoms with Crippen molar-refractivity contribution in [2.24, 2.45) is 0 Å². The molecule has 0 heterocycles. The first-order chi connectivity index (χ1) is 11.8. The van der Waals surface area contributed by atoms with E-state index in [2.05, 4.69) is 0 Å². The number of sulfonamides is 1. The third kappa shape index (κ3) is 4.58. The average Bonchev–Trinajstić information content (AvgIpc) is 2.57. The molecule has 0 atom stereocenters. The average molecular weight is 423 g/mol. The van der Waals surface area contributed by atoms with Crippen molar-refractivity contribution in [3.63, 3.8) is 0 Å². The second kappa shape index (κ2) is 8.27. The van der Waals surface area contributed by atoms with Gasteiger partial charge in [0.2, 0.25) is 0 Å². The zero-order valence-corrected chi connectivity index (χ0v) is 16.2. The highest BCUT2D eigenvalue weighted by Crippen LogP contribution is 2.36. The summed E-state index contributed by atoms with van der Waals surface area (Å²) in [6, 6.07) is 10.3. The third-order valence-electron chi connectivity index (χ3n) is 3.17. The van der Waals surface area contributed by atoms with Crippen LogP contribution in [0.4, 0.5) is 5.69 Å². The highest BCUT2D eigenvalue weighted by molar-refractivity contribution is 7.92. The number of nitrogens with zero attached hydrogens (tertiary/aromatic N) is 1. The Kier molecular flexibility index (Phi) is 6.57. The number of carbonyl (C=O) groups is 1. The molecule has 25 heavy (non-hydrogen) atoms. The van der Waals surface area contributed by atoms with E-state index in [0.717, 1.165) is 4.31 Å². The summed E-state index contributed by atoms with van der Waals surface area (Å²) in [5.74, 6) is -0.718. The summed E-state index contributed by atoms with van der Waals surface area (Å²) in [4.78, 5) is 11.9. The maximum Gasteiger partial charge on any atom is 0.326 e. The Morgan fingerprint density at radius 2 is 1.64 bits per heavy atom. The van der Waals surface area contributed by atoms with Gasteiger partial charge in [-0.05, 0) is 31.2 Å². The zero-order chi connectivity index (χ0) is 18.6. The molecule has 9 heteroatoms. The maximum absolute atomic E-state index is 13.0. The van der Waals surface area contributed by atoms with Gasteiger partial charge in [-0.2, -0.15) is 0 Å². The van der Waals surface area contributed by atoms with Gasteiger partial charge < -0.3 is 4.74 Å². The lowest BCUT2D eigenvalue weighted by molar-refractivity contribution is -0.141. The number of benzene rings is 2. The minimum absolute atomic E-state index is 0.00133. The molecule has 0 saturated carbocycles. The van der Waals surface area contributed by atoms with Crippen molar-refractivity contribution < 1.29 is 17.9 Å². The Morgan fingerprint density at radius 1 is 1.04 bits per heavy atom. The second-order valence-corrected chi connectivity index (χ2v) is 7.93. The molecule has 2 aromatic rings. The Labute approximate surface area is 161 Å². The number of rotatable bonds is 6. The first kappa shape index (κ1) is 19.8. The Hall–Kier alpha value is -1.47. The molecule has 5 nitrogen and oxygen atoms in total. The number of ether oxygens (including phenoxy) is 1. The van der Waals surface area contributed by atoms with Crippen LogP contribution in [0.15, 0.2) is 47.4 Å². The topological polar surface area (TPSA) is 63.7 Å². The van der Waals surface area contributed by atoms with Crippen molar-refractivity contribution in [2.75, 3.05) is 17.5 Å². The molecular formula is C16H14Cl3NO4S. The minimum atomic E-state index is -4.07. The van der Waals surface area contributed by atoms with Gasteiger partial charge in [-0.1, -0.05) is 53.0 Å². The van der Waals surface area contributed by atoms with Crippen LogP contribution >= 0.6 is 34.8 Å². The summed E-state index contributed by atoms with van der Waals surface area (Å²) in [6.45, 7) is 1.19. The fourth-order valence-corrected chi connectivity index (χ4v) is 4.18. The molecule has 134 valence electrons. The summed E-state index contributed by atoms with van der Waals surface area (Å²) < 4.78 is 31.7. The molecule has 0 saturated heterocycles. The lowest BCUT2D eigenvalue weighted by Crippen LogP contribution is -2.36. The standard InChI is InChI=1S/C16H14Cl3NO4S/c1-2-24-16(21)10-20(15-9-13(18)12(17)8-14(15)19)25(22,23)11-6-4-3-5-7-11/h3-9H,2,10H2,1H3. The fraction of sp³-hybridized carbons (Fsp3) is 0.188. The first-order valence-electron chi connectivity index (χ1n) is 7.15. The summed E-state index contributed by atoms with van der Waals surface area (Å²) >= 11 is 18.0. The molecule has 0 radical (unpaired) electrons. The quantitative estimate of drug-likeness (QED) is 0.511. The molecular weight excluding hydrogens is 409 g/mol. The molecule has 2 aromatic carbocycles. The molecule has 0 bridgehead atoms. The highest BCUT2D eigenvalue weighted by atomic mass is 35.5. The van der Waals surface area contributed by atoms with Crippen LogP contribution in [0.25, 0.3) is 0 Å². The van der Waals surface area contributed by atoms with Gasteiger partial charge in [-0.3, -0.25) is 9.10 Å². The van der Waals surface area contributed by atoms with E-state index in [1.807, 2.05) is 0 Å². The van der Waals surface area contributed by atoms with Crippen LogP contribution in [0, 0.1) is 0 Å². The molecule has 0 aromatic heterocycles. The SMILES string of the molecule is CCOC(=O)CN(c1cc(Cl)c(Cl)cc1Cl)S(=O)(=O)c1ccccc1. The molecule has 0 spiro atoms. The number of hydrogen-bond acceptors (Lipinski definition) is 4. The van der Waals surface area contributed by atoms with Crippen molar-refractivity contribution in [1.29, 1.82) is 0 Å². The van der Waals surface area contributed by atoms with Crippen LogP contribution in [0.2, 0.25) is 15.1 Å². The van der Waals surface area contributed by atoms with Gasteiger partial charge in [-0.15, -0.1) is 0 Å². The van der Waals surface area contributed by atoms with Crippen LogP contribution in [0.1, 0.15) is 6.92 Å². The van der Waals surface area contributed by atoms with Crippen LogP contribution in [-0.4, -0.2) is 27.5 Å². The van der Waals surface area contributed by atoms with E-state index in [1.54, 1.807) is 25.1 Å². The van der Waals surface area contributed by atoms with Gasteiger partial charge in [0.05, 0.1) is 32.3 Å². The molecule has 0 aliphatic carbocycles. The van der Waals surface area contributed by atoms with Crippen LogP contribution in [0.3, 0.4) is 0 Å². The van der Waals surface area contributed by atoms with Gasteiger partial charge in [0.1, 0.15) is 6.54 Å². The van der Waals surface area contributed by atoms with Gasteiger partial charge in [0, 0.05) is 0 Å². The van der Waals surface area contributed by atoms with E-state index < -0.39 is 22.5 Å². The van der Waals surface area contributed by atoms with Gasteiger partial charge >= 0.3 is 5.97 Å². The van der Waals surface area contributed by atoms with Crippen LogP contribution < -0.4 is 4.31 Å². The van der Waals surface area contributed by atoms with E-state index in [1.165, 1.54) is 24.3 Å². The summed E-state index contributed by atoms with van der Waals surface area (Å²) in [5.41, 5.74) is 0.0352. The molecule has 0 fully saturated rings. The maximum atomic E-state index is 13.0. The lowest BCUT2D eigenvalue weighted by Gasteiger charge is -2.25.